The minimum absolute atomic E-state index is 0.0241. The number of hydrogen-bond donors (Lipinski definition) is 2. The molecule has 20 heavy (non-hydrogen) atoms. The van der Waals surface area contributed by atoms with Crippen molar-refractivity contribution in [2.75, 3.05) is 0 Å². The molecule has 1 saturated carbocycles. The minimum Gasteiger partial charge on any atom is -0.481 e. The van der Waals surface area contributed by atoms with Gasteiger partial charge in [0.1, 0.15) is 5.69 Å². The van der Waals surface area contributed by atoms with Crippen LogP contribution < -0.4 is 5.32 Å². The van der Waals surface area contributed by atoms with Gasteiger partial charge in [0.2, 0.25) is 0 Å². The topological polar surface area (TPSA) is 71.3 Å². The first-order valence-electron chi connectivity index (χ1n) is 7.31. The monoisotopic (exact) mass is 278 g/mol. The van der Waals surface area contributed by atoms with Crippen LogP contribution in [0.25, 0.3) is 0 Å². The lowest BCUT2D eigenvalue weighted by atomic mass is 9.93. The second-order valence-corrected chi connectivity index (χ2v) is 5.44. The van der Waals surface area contributed by atoms with Gasteiger partial charge in [0, 0.05) is 18.3 Å². The quantitative estimate of drug-likeness (QED) is 0.805. The first-order valence-corrected chi connectivity index (χ1v) is 7.31. The third-order valence-electron chi connectivity index (χ3n) is 3.87. The Bertz CT molecular complexity index is 477. The van der Waals surface area contributed by atoms with E-state index in [1.165, 1.54) is 6.42 Å². The zero-order chi connectivity index (χ0) is 14.5. The lowest BCUT2D eigenvalue weighted by Crippen LogP contribution is -2.38. The van der Waals surface area contributed by atoms with Crippen molar-refractivity contribution in [1.29, 1.82) is 0 Å². The molecule has 1 aromatic rings. The minimum atomic E-state index is -0.877. The maximum absolute atomic E-state index is 12.3. The number of carbonyl (C=O) groups is 2. The fraction of sp³-hybridized carbons (Fsp3) is 0.600. The van der Waals surface area contributed by atoms with Gasteiger partial charge in [-0.1, -0.05) is 13.3 Å². The Morgan fingerprint density at radius 2 is 2.25 bits per heavy atom. The van der Waals surface area contributed by atoms with Crippen molar-refractivity contribution in [2.45, 2.75) is 57.5 Å². The smallest absolute Gasteiger partial charge is 0.305 e. The van der Waals surface area contributed by atoms with Crippen LogP contribution in [0.1, 0.15) is 62.0 Å². The molecule has 0 spiro atoms. The van der Waals surface area contributed by atoms with Crippen molar-refractivity contribution in [1.82, 2.24) is 9.88 Å². The summed E-state index contributed by atoms with van der Waals surface area (Å²) in [5.74, 6) is -1.04. The van der Waals surface area contributed by atoms with E-state index >= 15 is 0 Å². The summed E-state index contributed by atoms with van der Waals surface area (Å²) in [6.45, 7) is 1.98. The van der Waals surface area contributed by atoms with Gasteiger partial charge in [0.05, 0.1) is 6.42 Å². The van der Waals surface area contributed by atoms with Gasteiger partial charge in [-0.15, -0.1) is 0 Å². The Balaban J connectivity index is 2.02. The molecule has 2 N–H and O–H groups in total. The van der Waals surface area contributed by atoms with Crippen molar-refractivity contribution < 1.29 is 14.7 Å². The van der Waals surface area contributed by atoms with Gasteiger partial charge in [-0.05, 0) is 37.8 Å². The average molecular weight is 278 g/mol. The van der Waals surface area contributed by atoms with E-state index in [1.54, 1.807) is 6.07 Å². The lowest BCUT2D eigenvalue weighted by Gasteiger charge is -2.29. The standard InChI is InChI=1S/C15H22N2O3/c1-2-5-11(10-14(18)19)16-15(20)13-8-4-9-17(13)12-6-3-7-12/h4,8-9,11-12H,2-3,5-7,10H2,1H3,(H,16,20)(H,18,19). The number of aromatic nitrogens is 1. The fourth-order valence-electron chi connectivity index (χ4n) is 2.61. The summed E-state index contributed by atoms with van der Waals surface area (Å²) in [5.41, 5.74) is 0.640. The largest absolute Gasteiger partial charge is 0.481 e. The molecule has 1 aliphatic rings. The van der Waals surface area contributed by atoms with Crippen molar-refractivity contribution >= 4 is 11.9 Å². The van der Waals surface area contributed by atoms with E-state index in [1.807, 2.05) is 23.8 Å². The Morgan fingerprint density at radius 1 is 1.50 bits per heavy atom. The summed E-state index contributed by atoms with van der Waals surface area (Å²) >= 11 is 0. The number of carboxylic acids is 1. The van der Waals surface area contributed by atoms with E-state index in [9.17, 15) is 9.59 Å². The number of hydrogen-bond acceptors (Lipinski definition) is 2. The van der Waals surface area contributed by atoms with Crippen LogP contribution in [-0.2, 0) is 4.79 Å². The molecule has 1 aromatic heterocycles. The number of nitrogens with zero attached hydrogens (tertiary/aromatic N) is 1. The van der Waals surface area contributed by atoms with Gasteiger partial charge in [0.15, 0.2) is 0 Å². The second-order valence-electron chi connectivity index (χ2n) is 5.44. The molecule has 0 radical (unpaired) electrons. The number of nitrogens with one attached hydrogen (secondary N) is 1. The number of rotatable bonds is 7. The lowest BCUT2D eigenvalue weighted by molar-refractivity contribution is -0.137. The number of carbonyl (C=O) groups excluding carboxylic acids is 1. The summed E-state index contributed by atoms with van der Waals surface area (Å²) in [6, 6.07) is 3.81. The van der Waals surface area contributed by atoms with E-state index in [4.69, 9.17) is 5.11 Å². The summed E-state index contributed by atoms with van der Waals surface area (Å²) in [4.78, 5) is 23.1. The van der Waals surface area contributed by atoms with Gasteiger partial charge >= 0.3 is 5.97 Å². The maximum atomic E-state index is 12.3. The highest BCUT2D eigenvalue weighted by Crippen LogP contribution is 2.32. The normalized spacial score (nSPS) is 16.4. The van der Waals surface area contributed by atoms with Crippen molar-refractivity contribution in [3.63, 3.8) is 0 Å². The molecule has 5 heteroatoms. The van der Waals surface area contributed by atoms with Crippen molar-refractivity contribution in [3.8, 4) is 0 Å². The van der Waals surface area contributed by atoms with Crippen LogP contribution >= 0.6 is 0 Å². The molecular weight excluding hydrogens is 256 g/mol. The molecule has 1 aliphatic carbocycles. The van der Waals surface area contributed by atoms with Crippen LogP contribution in [0.4, 0.5) is 0 Å². The fourth-order valence-corrected chi connectivity index (χ4v) is 2.61. The number of amides is 1. The SMILES string of the molecule is CCCC(CC(=O)O)NC(=O)c1cccn1C1CCC1. The molecule has 1 atom stereocenters. The van der Waals surface area contributed by atoms with E-state index in [2.05, 4.69) is 5.32 Å². The zero-order valence-corrected chi connectivity index (χ0v) is 11.8. The maximum Gasteiger partial charge on any atom is 0.305 e. The molecular formula is C15H22N2O3. The Hall–Kier alpha value is -1.78. The molecule has 0 bridgehead atoms. The van der Waals surface area contributed by atoms with Crippen LogP contribution in [0, 0.1) is 0 Å². The van der Waals surface area contributed by atoms with Crippen LogP contribution in [0.3, 0.4) is 0 Å². The predicted molar refractivity (Wildman–Crippen MR) is 75.7 cm³/mol. The highest BCUT2D eigenvalue weighted by molar-refractivity contribution is 5.93. The van der Waals surface area contributed by atoms with E-state index in [-0.39, 0.29) is 18.4 Å². The van der Waals surface area contributed by atoms with Crippen molar-refractivity contribution in [2.24, 2.45) is 0 Å². The van der Waals surface area contributed by atoms with Crippen LogP contribution in [0.2, 0.25) is 0 Å². The highest BCUT2D eigenvalue weighted by atomic mass is 16.4. The Kier molecular flexibility index (Phi) is 4.82. The molecule has 5 nitrogen and oxygen atoms in total. The molecule has 1 heterocycles. The molecule has 1 amide bonds. The molecule has 1 unspecified atom stereocenters. The molecule has 110 valence electrons. The van der Waals surface area contributed by atoms with Gasteiger partial charge in [-0.2, -0.15) is 0 Å². The molecule has 0 aliphatic heterocycles. The second kappa shape index (κ2) is 6.59. The molecule has 2 rings (SSSR count). The molecule has 1 fully saturated rings. The van der Waals surface area contributed by atoms with Crippen molar-refractivity contribution in [3.05, 3.63) is 24.0 Å². The Morgan fingerprint density at radius 3 is 2.80 bits per heavy atom. The summed E-state index contributed by atoms with van der Waals surface area (Å²) in [7, 11) is 0. The summed E-state index contributed by atoms with van der Waals surface area (Å²) in [6.07, 6.45) is 6.88. The third-order valence-corrected chi connectivity index (χ3v) is 3.87. The summed E-state index contributed by atoms with van der Waals surface area (Å²) in [5, 5.41) is 11.7. The van der Waals surface area contributed by atoms with Gasteiger partial charge in [-0.3, -0.25) is 9.59 Å². The van der Waals surface area contributed by atoms with Gasteiger partial charge in [0.25, 0.3) is 5.91 Å². The molecule has 0 saturated heterocycles. The van der Waals surface area contributed by atoms with E-state index in [0.717, 1.165) is 19.3 Å². The average Bonchev–Trinajstić information content (AvgIpc) is 2.75. The molecule has 0 aromatic carbocycles. The first kappa shape index (κ1) is 14.6. The van der Waals surface area contributed by atoms with Crippen LogP contribution in [0.5, 0.6) is 0 Å². The number of carboxylic acid groups (broad SMARTS) is 1. The highest BCUT2D eigenvalue weighted by Gasteiger charge is 2.24. The first-order chi connectivity index (χ1) is 9.61. The Labute approximate surface area is 119 Å². The number of aliphatic carboxylic acids is 1. The predicted octanol–water partition coefficient (Wildman–Crippen LogP) is 2.59. The van der Waals surface area contributed by atoms with Gasteiger partial charge < -0.3 is 15.0 Å². The van der Waals surface area contributed by atoms with Crippen LogP contribution in [0.15, 0.2) is 18.3 Å². The van der Waals surface area contributed by atoms with Gasteiger partial charge in [-0.25, -0.2) is 0 Å². The van der Waals surface area contributed by atoms with E-state index < -0.39 is 5.97 Å². The third kappa shape index (κ3) is 3.40. The van der Waals surface area contributed by atoms with E-state index in [0.29, 0.717) is 18.2 Å². The van der Waals surface area contributed by atoms with Crippen LogP contribution in [-0.4, -0.2) is 27.6 Å². The zero-order valence-electron chi connectivity index (χ0n) is 11.8. The summed E-state index contributed by atoms with van der Waals surface area (Å²) < 4.78 is 2.02.